The van der Waals surface area contributed by atoms with Crippen molar-refractivity contribution >= 4 is 11.9 Å². The minimum absolute atomic E-state index is 0.149. The third kappa shape index (κ3) is 2.81. The van der Waals surface area contributed by atoms with Crippen LogP contribution in [0.5, 0.6) is 0 Å². The molecule has 0 aromatic heterocycles. The molecule has 0 bridgehead atoms. The van der Waals surface area contributed by atoms with Gasteiger partial charge in [0.2, 0.25) is 5.60 Å². The third-order valence-electron chi connectivity index (χ3n) is 2.76. The molecule has 18 heavy (non-hydrogen) atoms. The van der Waals surface area contributed by atoms with Gasteiger partial charge in [-0.1, -0.05) is 12.2 Å². The number of rotatable bonds is 4. The highest BCUT2D eigenvalue weighted by atomic mass is 16.6. The fourth-order valence-electron chi connectivity index (χ4n) is 1.99. The van der Waals surface area contributed by atoms with Crippen LogP contribution in [-0.2, 0) is 19.1 Å². The summed E-state index contributed by atoms with van der Waals surface area (Å²) in [5.41, 5.74) is -1.93. The van der Waals surface area contributed by atoms with Crippen LogP contribution in [0.3, 0.4) is 0 Å². The summed E-state index contributed by atoms with van der Waals surface area (Å²) >= 11 is 0. The monoisotopic (exact) mass is 252 g/mol. The van der Waals surface area contributed by atoms with Crippen molar-refractivity contribution in [3.05, 3.63) is 25.3 Å². The lowest BCUT2D eigenvalue weighted by atomic mass is 9.84. The molecular weight excluding hydrogens is 232 g/mol. The van der Waals surface area contributed by atoms with E-state index in [2.05, 4.69) is 13.2 Å². The van der Waals surface area contributed by atoms with Crippen LogP contribution < -0.4 is 0 Å². The van der Waals surface area contributed by atoms with Crippen LogP contribution in [0.1, 0.15) is 33.6 Å². The van der Waals surface area contributed by atoms with Crippen molar-refractivity contribution in [3.63, 3.8) is 0 Å². The Labute approximate surface area is 108 Å². The zero-order chi connectivity index (χ0) is 14.0. The molecule has 0 N–H and O–H groups in total. The average molecular weight is 252 g/mol. The van der Waals surface area contributed by atoms with E-state index in [1.165, 1.54) is 0 Å². The normalized spacial score (nSPS) is 27.5. The summed E-state index contributed by atoms with van der Waals surface area (Å²) in [5, 5.41) is 0. The molecule has 0 amide bonds. The number of cyclic esters (lactones) is 1. The van der Waals surface area contributed by atoms with Crippen LogP contribution in [0.2, 0.25) is 0 Å². The molecule has 0 radical (unpaired) electrons. The van der Waals surface area contributed by atoms with Crippen LogP contribution in [0.4, 0.5) is 0 Å². The van der Waals surface area contributed by atoms with E-state index in [0.29, 0.717) is 0 Å². The highest BCUT2D eigenvalue weighted by Gasteiger charge is 2.54. The minimum atomic E-state index is -1.30. The first-order chi connectivity index (χ1) is 8.25. The third-order valence-corrected chi connectivity index (χ3v) is 2.76. The van der Waals surface area contributed by atoms with Crippen molar-refractivity contribution in [2.24, 2.45) is 5.92 Å². The van der Waals surface area contributed by atoms with E-state index in [1.54, 1.807) is 32.9 Å². The number of carbonyl (C=O) groups is 2. The fraction of sp³-hybridized carbons (Fsp3) is 0.571. The van der Waals surface area contributed by atoms with Gasteiger partial charge in [0.1, 0.15) is 5.60 Å². The summed E-state index contributed by atoms with van der Waals surface area (Å²) in [4.78, 5) is 23.8. The van der Waals surface area contributed by atoms with Crippen molar-refractivity contribution < 1.29 is 19.1 Å². The van der Waals surface area contributed by atoms with Gasteiger partial charge in [-0.2, -0.15) is 0 Å². The summed E-state index contributed by atoms with van der Waals surface area (Å²) in [5.74, 6) is -1.32. The molecule has 4 heteroatoms. The van der Waals surface area contributed by atoms with Crippen molar-refractivity contribution in [2.75, 3.05) is 0 Å². The molecule has 1 aliphatic rings. The molecule has 1 heterocycles. The topological polar surface area (TPSA) is 52.6 Å². The number of hydrogen-bond donors (Lipinski definition) is 0. The SMILES string of the molecule is C=CC[C@@]1(C(=O)OC(C)(C)C)OC(=O)C[C@@H]1C=C. The summed E-state index contributed by atoms with van der Waals surface area (Å²) in [6.07, 6.45) is 3.50. The van der Waals surface area contributed by atoms with Crippen molar-refractivity contribution in [1.29, 1.82) is 0 Å². The van der Waals surface area contributed by atoms with Crippen LogP contribution in [-0.4, -0.2) is 23.1 Å². The van der Waals surface area contributed by atoms with Gasteiger partial charge in [-0.15, -0.1) is 13.2 Å². The van der Waals surface area contributed by atoms with Crippen molar-refractivity contribution in [1.82, 2.24) is 0 Å². The Morgan fingerprint density at radius 3 is 2.61 bits per heavy atom. The van der Waals surface area contributed by atoms with Gasteiger partial charge >= 0.3 is 11.9 Å². The van der Waals surface area contributed by atoms with Crippen molar-refractivity contribution in [3.8, 4) is 0 Å². The van der Waals surface area contributed by atoms with E-state index >= 15 is 0 Å². The largest absolute Gasteiger partial charge is 0.457 e. The lowest BCUT2D eigenvalue weighted by Gasteiger charge is -2.32. The van der Waals surface area contributed by atoms with E-state index in [4.69, 9.17) is 9.47 Å². The Hall–Kier alpha value is -1.58. The molecular formula is C14H20O4. The molecule has 0 spiro atoms. The Kier molecular flexibility index (Phi) is 3.99. The van der Waals surface area contributed by atoms with Crippen LogP contribution in [0, 0.1) is 5.92 Å². The maximum Gasteiger partial charge on any atom is 0.352 e. The fourth-order valence-corrected chi connectivity index (χ4v) is 1.99. The Morgan fingerprint density at radius 1 is 1.56 bits per heavy atom. The first-order valence-electron chi connectivity index (χ1n) is 5.94. The Bertz CT molecular complexity index is 378. The van der Waals surface area contributed by atoms with Gasteiger partial charge in [0.15, 0.2) is 0 Å². The van der Waals surface area contributed by atoms with E-state index in [1.807, 2.05) is 0 Å². The molecule has 1 aliphatic heterocycles. The highest BCUT2D eigenvalue weighted by Crippen LogP contribution is 2.39. The van der Waals surface area contributed by atoms with Gasteiger partial charge in [-0.05, 0) is 20.8 Å². The average Bonchev–Trinajstić information content (AvgIpc) is 2.54. The van der Waals surface area contributed by atoms with E-state index in [9.17, 15) is 9.59 Å². The van der Waals surface area contributed by atoms with Crippen molar-refractivity contribution in [2.45, 2.75) is 44.8 Å². The second-order valence-electron chi connectivity index (χ2n) is 5.40. The summed E-state index contributed by atoms with van der Waals surface area (Å²) in [6.45, 7) is 12.6. The standard InChI is InChI=1S/C14H20O4/c1-6-8-14(12(16)18-13(3,4)5)10(7-2)9-11(15)17-14/h6-7,10H,1-2,8-9H2,3-5H3/t10-,14+/m0/s1. The summed E-state index contributed by atoms with van der Waals surface area (Å²) < 4.78 is 10.6. The summed E-state index contributed by atoms with van der Waals surface area (Å²) in [7, 11) is 0. The van der Waals surface area contributed by atoms with Gasteiger partial charge in [0.25, 0.3) is 0 Å². The smallest absolute Gasteiger partial charge is 0.352 e. The molecule has 2 atom stereocenters. The van der Waals surface area contributed by atoms with Crippen LogP contribution in [0.25, 0.3) is 0 Å². The quantitative estimate of drug-likeness (QED) is 0.569. The van der Waals surface area contributed by atoms with Crippen LogP contribution in [0.15, 0.2) is 25.3 Å². The maximum atomic E-state index is 12.3. The number of carbonyl (C=O) groups excluding carboxylic acids is 2. The Balaban J connectivity index is 3.06. The zero-order valence-corrected chi connectivity index (χ0v) is 11.2. The molecule has 0 unspecified atom stereocenters. The minimum Gasteiger partial charge on any atom is -0.457 e. The highest BCUT2D eigenvalue weighted by molar-refractivity contribution is 5.88. The number of esters is 2. The molecule has 1 rings (SSSR count). The molecule has 0 aliphatic carbocycles. The first kappa shape index (κ1) is 14.5. The lowest BCUT2D eigenvalue weighted by molar-refractivity contribution is -0.185. The predicted octanol–water partition coefficient (Wildman–Crippen LogP) is 2.39. The molecule has 100 valence electrons. The lowest BCUT2D eigenvalue weighted by Crippen LogP contribution is -2.47. The molecule has 0 saturated carbocycles. The zero-order valence-electron chi connectivity index (χ0n) is 11.2. The second-order valence-corrected chi connectivity index (χ2v) is 5.40. The Morgan fingerprint density at radius 2 is 2.17 bits per heavy atom. The predicted molar refractivity (Wildman–Crippen MR) is 67.8 cm³/mol. The van der Waals surface area contributed by atoms with Gasteiger partial charge in [-0.25, -0.2) is 4.79 Å². The molecule has 1 fully saturated rings. The molecule has 0 aromatic carbocycles. The van der Waals surface area contributed by atoms with E-state index < -0.39 is 23.1 Å². The van der Waals surface area contributed by atoms with E-state index in [0.717, 1.165) is 0 Å². The van der Waals surface area contributed by atoms with Crippen LogP contribution >= 0.6 is 0 Å². The summed E-state index contributed by atoms with van der Waals surface area (Å²) in [6, 6.07) is 0. The molecule has 1 saturated heterocycles. The maximum absolute atomic E-state index is 12.3. The second kappa shape index (κ2) is 4.96. The number of ether oxygens (including phenoxy) is 2. The van der Waals surface area contributed by atoms with Gasteiger partial charge in [-0.3, -0.25) is 4.79 Å². The van der Waals surface area contributed by atoms with Gasteiger partial charge in [0, 0.05) is 12.3 Å². The number of hydrogen-bond acceptors (Lipinski definition) is 4. The van der Waals surface area contributed by atoms with E-state index in [-0.39, 0.29) is 18.8 Å². The van der Waals surface area contributed by atoms with Gasteiger partial charge < -0.3 is 9.47 Å². The molecule has 0 aromatic rings. The molecule has 4 nitrogen and oxygen atoms in total. The van der Waals surface area contributed by atoms with Gasteiger partial charge in [0.05, 0.1) is 6.42 Å². The first-order valence-corrected chi connectivity index (χ1v) is 5.94.